The van der Waals surface area contributed by atoms with Gasteiger partial charge in [-0.05, 0) is 42.3 Å². The molecule has 1 N–H and O–H groups in total. The Hall–Kier alpha value is -1.41. The van der Waals surface area contributed by atoms with E-state index < -0.39 is 0 Å². The Morgan fingerprint density at radius 3 is 2.41 bits per heavy atom. The quantitative estimate of drug-likeness (QED) is 0.852. The van der Waals surface area contributed by atoms with Gasteiger partial charge in [0.05, 0.1) is 0 Å². The van der Waals surface area contributed by atoms with Gasteiger partial charge in [0, 0.05) is 22.5 Å². The maximum absolute atomic E-state index is 3.16. The molecule has 0 saturated heterocycles. The first-order valence-corrected chi connectivity index (χ1v) is 6.68. The van der Waals surface area contributed by atoms with E-state index in [2.05, 4.69) is 60.8 Å². The lowest BCUT2D eigenvalue weighted by molar-refractivity contribution is 1.13. The minimum atomic E-state index is 1.10. The minimum absolute atomic E-state index is 1.10. The summed E-state index contributed by atoms with van der Waals surface area (Å²) in [6.45, 7) is 2.18. The fourth-order valence-electron chi connectivity index (χ4n) is 1.64. The van der Waals surface area contributed by atoms with Gasteiger partial charge in [-0.3, -0.25) is 0 Å². The first-order chi connectivity index (χ1) is 8.31. The van der Waals surface area contributed by atoms with Crippen LogP contribution in [-0.4, -0.2) is 7.05 Å². The van der Waals surface area contributed by atoms with Gasteiger partial charge in [-0.2, -0.15) is 0 Å². The number of benzene rings is 2. The summed E-state index contributed by atoms with van der Waals surface area (Å²) >= 11 is 1.80. The van der Waals surface area contributed by atoms with Crippen LogP contribution in [0.4, 0.5) is 5.69 Å². The van der Waals surface area contributed by atoms with Gasteiger partial charge in [0.2, 0.25) is 0 Å². The normalized spacial score (nSPS) is 10.2. The van der Waals surface area contributed by atoms with E-state index in [1.165, 1.54) is 15.4 Å². The van der Waals surface area contributed by atoms with Crippen molar-refractivity contribution in [2.45, 2.75) is 23.1 Å². The van der Waals surface area contributed by atoms with E-state index in [-0.39, 0.29) is 0 Å². The lowest BCUT2D eigenvalue weighted by atomic mass is 10.2. The molecule has 0 saturated carbocycles. The molecule has 1 nitrogen and oxygen atoms in total. The van der Waals surface area contributed by atoms with Crippen LogP contribution >= 0.6 is 11.8 Å². The third-order valence-corrected chi connectivity index (χ3v) is 3.69. The third kappa shape index (κ3) is 3.27. The molecule has 0 bridgehead atoms. The Balaban J connectivity index is 2.13. The van der Waals surface area contributed by atoms with Crippen molar-refractivity contribution < 1.29 is 0 Å². The Morgan fingerprint density at radius 2 is 1.76 bits per heavy atom. The van der Waals surface area contributed by atoms with Crippen LogP contribution in [0, 0.1) is 0 Å². The number of anilines is 1. The predicted octanol–water partition coefficient (Wildman–Crippen LogP) is 4.44. The van der Waals surface area contributed by atoms with Crippen molar-refractivity contribution in [3.63, 3.8) is 0 Å². The van der Waals surface area contributed by atoms with Crippen molar-refractivity contribution >= 4 is 17.4 Å². The number of hydrogen-bond acceptors (Lipinski definition) is 2. The van der Waals surface area contributed by atoms with Crippen LogP contribution in [0.15, 0.2) is 58.3 Å². The molecule has 0 amide bonds. The summed E-state index contributed by atoms with van der Waals surface area (Å²) in [7, 11) is 1.94. The zero-order valence-corrected chi connectivity index (χ0v) is 11.1. The molecule has 0 fully saturated rings. The van der Waals surface area contributed by atoms with Crippen molar-refractivity contribution in [3.8, 4) is 0 Å². The first kappa shape index (κ1) is 12.1. The number of aryl methyl sites for hydroxylation is 1. The van der Waals surface area contributed by atoms with E-state index >= 15 is 0 Å². The zero-order valence-electron chi connectivity index (χ0n) is 10.2. The summed E-state index contributed by atoms with van der Waals surface area (Å²) in [6, 6.07) is 17.2. The molecule has 88 valence electrons. The largest absolute Gasteiger partial charge is 0.388 e. The molecule has 2 rings (SSSR count). The maximum atomic E-state index is 3.16. The molecule has 0 unspecified atom stereocenters. The van der Waals surface area contributed by atoms with Crippen LogP contribution in [0.5, 0.6) is 0 Å². The van der Waals surface area contributed by atoms with Gasteiger partial charge in [0.15, 0.2) is 0 Å². The highest BCUT2D eigenvalue weighted by atomic mass is 32.2. The highest BCUT2D eigenvalue weighted by Crippen LogP contribution is 2.29. The van der Waals surface area contributed by atoms with Gasteiger partial charge in [-0.15, -0.1) is 0 Å². The van der Waals surface area contributed by atoms with Crippen LogP contribution in [0.25, 0.3) is 0 Å². The molecule has 0 aliphatic rings. The smallest absolute Gasteiger partial charge is 0.0348 e. The fraction of sp³-hybridized carbons (Fsp3) is 0.200. The summed E-state index contributed by atoms with van der Waals surface area (Å²) < 4.78 is 0. The van der Waals surface area contributed by atoms with Crippen LogP contribution < -0.4 is 5.32 Å². The number of hydrogen-bond donors (Lipinski definition) is 1. The fourth-order valence-corrected chi connectivity index (χ4v) is 2.52. The maximum Gasteiger partial charge on any atom is 0.0348 e. The molecule has 17 heavy (non-hydrogen) atoms. The molecule has 0 aliphatic carbocycles. The highest BCUT2D eigenvalue weighted by Gasteiger charge is 1.98. The Bertz CT molecular complexity index is 477. The average molecular weight is 243 g/mol. The average Bonchev–Trinajstić information content (AvgIpc) is 2.40. The van der Waals surface area contributed by atoms with E-state index in [0.29, 0.717) is 0 Å². The van der Waals surface area contributed by atoms with E-state index in [1.54, 1.807) is 11.8 Å². The van der Waals surface area contributed by atoms with Crippen LogP contribution in [0.3, 0.4) is 0 Å². The lowest BCUT2D eigenvalue weighted by Crippen LogP contribution is -1.86. The standard InChI is InChI=1S/C15H17NS/c1-3-12-7-9-14(10-8-12)17-15-6-4-5-13(11-15)16-2/h4-11,16H,3H2,1-2H3. The topological polar surface area (TPSA) is 12.0 Å². The third-order valence-electron chi connectivity index (χ3n) is 2.69. The predicted molar refractivity (Wildman–Crippen MR) is 75.9 cm³/mol. The molecule has 0 radical (unpaired) electrons. The van der Waals surface area contributed by atoms with Crippen LogP contribution in [0.2, 0.25) is 0 Å². The Kier molecular flexibility index (Phi) is 4.10. The van der Waals surface area contributed by atoms with Gasteiger partial charge in [0.25, 0.3) is 0 Å². The SMILES string of the molecule is CCc1ccc(Sc2cccc(NC)c2)cc1. The second-order valence-corrected chi connectivity index (χ2v) is 5.02. The molecule has 0 heterocycles. The van der Waals surface area contributed by atoms with Gasteiger partial charge in [-0.1, -0.05) is 36.9 Å². The van der Waals surface area contributed by atoms with Crippen molar-refractivity contribution in [1.82, 2.24) is 0 Å². The van der Waals surface area contributed by atoms with Gasteiger partial charge >= 0.3 is 0 Å². The van der Waals surface area contributed by atoms with Crippen molar-refractivity contribution in [3.05, 3.63) is 54.1 Å². The summed E-state index contributed by atoms with van der Waals surface area (Å²) in [5.74, 6) is 0. The Morgan fingerprint density at radius 1 is 1.00 bits per heavy atom. The summed E-state index contributed by atoms with van der Waals surface area (Å²) in [5, 5.41) is 3.16. The molecule has 2 aromatic rings. The van der Waals surface area contributed by atoms with Crippen LogP contribution in [0.1, 0.15) is 12.5 Å². The Labute approximate surface area is 107 Å². The number of rotatable bonds is 4. The molecule has 0 atom stereocenters. The molecule has 0 aliphatic heterocycles. The van der Waals surface area contributed by atoms with Crippen LogP contribution in [-0.2, 0) is 6.42 Å². The van der Waals surface area contributed by atoms with Crippen molar-refractivity contribution in [2.24, 2.45) is 0 Å². The monoisotopic (exact) mass is 243 g/mol. The van der Waals surface area contributed by atoms with Gasteiger partial charge in [0.1, 0.15) is 0 Å². The first-order valence-electron chi connectivity index (χ1n) is 5.86. The zero-order chi connectivity index (χ0) is 12.1. The van der Waals surface area contributed by atoms with Gasteiger partial charge in [-0.25, -0.2) is 0 Å². The second-order valence-electron chi connectivity index (χ2n) is 3.88. The molecule has 2 aromatic carbocycles. The van der Waals surface area contributed by atoms with Gasteiger partial charge < -0.3 is 5.32 Å². The highest BCUT2D eigenvalue weighted by molar-refractivity contribution is 7.99. The summed E-state index contributed by atoms with van der Waals surface area (Å²) in [4.78, 5) is 2.55. The van der Waals surface area contributed by atoms with E-state index in [9.17, 15) is 0 Å². The van der Waals surface area contributed by atoms with Crippen molar-refractivity contribution in [1.29, 1.82) is 0 Å². The number of nitrogens with one attached hydrogen (secondary N) is 1. The summed E-state index contributed by atoms with van der Waals surface area (Å²) in [6.07, 6.45) is 1.10. The van der Waals surface area contributed by atoms with E-state index in [1.807, 2.05) is 7.05 Å². The molecule has 2 heteroatoms. The van der Waals surface area contributed by atoms with E-state index in [0.717, 1.165) is 12.1 Å². The molecule has 0 spiro atoms. The molecular weight excluding hydrogens is 226 g/mol. The van der Waals surface area contributed by atoms with Crippen molar-refractivity contribution in [2.75, 3.05) is 12.4 Å². The lowest BCUT2D eigenvalue weighted by Gasteiger charge is -2.05. The minimum Gasteiger partial charge on any atom is -0.388 e. The summed E-state index contributed by atoms with van der Waals surface area (Å²) in [5.41, 5.74) is 2.54. The molecule has 0 aromatic heterocycles. The second kappa shape index (κ2) is 5.78. The van der Waals surface area contributed by atoms with E-state index in [4.69, 9.17) is 0 Å². The molecular formula is C15H17NS.